The first-order chi connectivity index (χ1) is 13.0. The number of benzene rings is 2. The van der Waals surface area contributed by atoms with Gasteiger partial charge >= 0.3 is 0 Å². The highest BCUT2D eigenvalue weighted by Crippen LogP contribution is 2.47. The van der Waals surface area contributed by atoms with Gasteiger partial charge in [0.05, 0.1) is 5.92 Å². The molecule has 0 bridgehead atoms. The molecule has 2 heterocycles. The Morgan fingerprint density at radius 3 is 2.54 bits per heavy atom. The lowest BCUT2D eigenvalue weighted by Crippen LogP contribution is -2.53. The summed E-state index contributed by atoms with van der Waals surface area (Å²) in [5, 5.41) is 9.54. The number of anilines is 1. The van der Waals surface area contributed by atoms with Gasteiger partial charge in [-0.1, -0.05) is 62.4 Å². The third kappa shape index (κ3) is 3.29. The van der Waals surface area contributed by atoms with Crippen LogP contribution in [0.5, 0.6) is 0 Å². The van der Waals surface area contributed by atoms with Crippen molar-refractivity contribution in [2.45, 2.75) is 38.4 Å². The van der Waals surface area contributed by atoms with E-state index in [2.05, 4.69) is 29.8 Å². The molecule has 2 aromatic carbocycles. The van der Waals surface area contributed by atoms with Gasteiger partial charge in [0.25, 0.3) is 0 Å². The molecule has 28 heavy (non-hydrogen) atoms. The molecule has 0 aliphatic carbocycles. The van der Waals surface area contributed by atoms with Crippen LogP contribution in [0.15, 0.2) is 54.6 Å². The molecule has 4 rings (SSSR count). The second kappa shape index (κ2) is 7.94. The fraction of sp³-hybridized carbons (Fsp3) is 0.364. The van der Waals surface area contributed by atoms with Crippen LogP contribution < -0.4 is 16.0 Å². The van der Waals surface area contributed by atoms with Crippen LogP contribution >= 0.6 is 12.4 Å². The number of hydrogen-bond donors (Lipinski definition) is 3. The van der Waals surface area contributed by atoms with E-state index in [0.29, 0.717) is 18.9 Å². The number of halogens is 1. The molecule has 0 saturated carbocycles. The predicted octanol–water partition coefficient (Wildman–Crippen LogP) is 3.21. The van der Waals surface area contributed by atoms with E-state index in [9.17, 15) is 9.59 Å². The highest BCUT2D eigenvalue weighted by molar-refractivity contribution is 6.09. The Kier molecular flexibility index (Phi) is 5.77. The van der Waals surface area contributed by atoms with Crippen molar-refractivity contribution in [3.8, 4) is 0 Å². The largest absolute Gasteiger partial charge is 0.352 e. The maximum absolute atomic E-state index is 13.2. The topological polar surface area (TPSA) is 70.2 Å². The van der Waals surface area contributed by atoms with Crippen LogP contribution in [0.2, 0.25) is 0 Å². The van der Waals surface area contributed by atoms with Crippen molar-refractivity contribution < 1.29 is 9.59 Å². The zero-order chi connectivity index (χ0) is 19.0. The van der Waals surface area contributed by atoms with Crippen LogP contribution in [0.1, 0.15) is 31.4 Å². The first-order valence-electron chi connectivity index (χ1n) is 9.52. The Morgan fingerprint density at radius 1 is 1.14 bits per heavy atom. The molecule has 1 saturated heterocycles. The van der Waals surface area contributed by atoms with Gasteiger partial charge < -0.3 is 10.6 Å². The number of hydrogen-bond acceptors (Lipinski definition) is 3. The Balaban J connectivity index is 0.00000225. The number of fused-ring (bicyclic) bond motifs is 2. The number of carbonyl (C=O) groups is 2. The summed E-state index contributed by atoms with van der Waals surface area (Å²) in [6.07, 6.45) is 0.639. The Labute approximate surface area is 171 Å². The highest BCUT2D eigenvalue weighted by atomic mass is 35.5. The summed E-state index contributed by atoms with van der Waals surface area (Å²) in [5.74, 6) is -0.334. The molecule has 5 nitrogen and oxygen atoms in total. The SMILES string of the molecule is CC(C)[C@H]1C[C@@H](C(=O)NCc2ccccc2)[C@]2(N1)C(=O)Nc1ccccc12.Cl. The van der Waals surface area contributed by atoms with E-state index in [1.54, 1.807) is 0 Å². The first-order valence-corrected chi connectivity index (χ1v) is 9.52. The van der Waals surface area contributed by atoms with Crippen LogP contribution in [-0.4, -0.2) is 17.9 Å². The lowest BCUT2D eigenvalue weighted by atomic mass is 9.79. The molecule has 3 atom stereocenters. The Bertz CT molecular complexity index is 871. The molecule has 2 aliphatic heterocycles. The van der Waals surface area contributed by atoms with Crippen molar-refractivity contribution in [3.05, 3.63) is 65.7 Å². The molecule has 1 fully saturated rings. The monoisotopic (exact) mass is 399 g/mol. The van der Waals surface area contributed by atoms with E-state index in [-0.39, 0.29) is 30.3 Å². The van der Waals surface area contributed by atoms with Crippen molar-refractivity contribution in [2.24, 2.45) is 11.8 Å². The molecule has 148 valence electrons. The average Bonchev–Trinajstić information content (AvgIpc) is 3.21. The Morgan fingerprint density at radius 2 is 1.82 bits per heavy atom. The molecular formula is C22H26ClN3O2. The third-order valence-corrected chi connectivity index (χ3v) is 5.81. The van der Waals surface area contributed by atoms with E-state index < -0.39 is 11.5 Å². The van der Waals surface area contributed by atoms with Crippen molar-refractivity contribution >= 4 is 29.9 Å². The number of para-hydroxylation sites is 1. The van der Waals surface area contributed by atoms with E-state index in [0.717, 1.165) is 16.8 Å². The van der Waals surface area contributed by atoms with Gasteiger partial charge in [-0.15, -0.1) is 12.4 Å². The van der Waals surface area contributed by atoms with Crippen LogP contribution in [0.4, 0.5) is 5.69 Å². The number of carbonyl (C=O) groups excluding carboxylic acids is 2. The number of nitrogens with one attached hydrogen (secondary N) is 3. The third-order valence-electron chi connectivity index (χ3n) is 5.81. The van der Waals surface area contributed by atoms with Crippen LogP contribution in [0.25, 0.3) is 0 Å². The molecule has 2 amide bonds. The van der Waals surface area contributed by atoms with E-state index in [1.807, 2.05) is 54.6 Å². The van der Waals surface area contributed by atoms with Gasteiger partial charge in [-0.25, -0.2) is 0 Å². The number of amides is 2. The normalized spacial score (nSPS) is 25.3. The van der Waals surface area contributed by atoms with Gasteiger partial charge in [-0.2, -0.15) is 0 Å². The van der Waals surface area contributed by atoms with Crippen LogP contribution in [0.3, 0.4) is 0 Å². The maximum atomic E-state index is 13.2. The molecule has 3 N–H and O–H groups in total. The van der Waals surface area contributed by atoms with Gasteiger partial charge in [0, 0.05) is 23.8 Å². The quantitative estimate of drug-likeness (QED) is 0.739. The first kappa shape index (κ1) is 20.4. The molecule has 2 aliphatic rings. The molecule has 0 aromatic heterocycles. The van der Waals surface area contributed by atoms with Crippen molar-refractivity contribution in [3.63, 3.8) is 0 Å². The predicted molar refractivity (Wildman–Crippen MR) is 112 cm³/mol. The second-order valence-electron chi connectivity index (χ2n) is 7.79. The van der Waals surface area contributed by atoms with Gasteiger partial charge in [0.1, 0.15) is 5.54 Å². The minimum Gasteiger partial charge on any atom is -0.352 e. The summed E-state index contributed by atoms with van der Waals surface area (Å²) in [5.41, 5.74) is 1.72. The summed E-state index contributed by atoms with van der Waals surface area (Å²) in [4.78, 5) is 26.2. The summed E-state index contributed by atoms with van der Waals surface area (Å²) in [6.45, 7) is 4.70. The molecule has 0 radical (unpaired) electrons. The van der Waals surface area contributed by atoms with Crippen LogP contribution in [-0.2, 0) is 21.7 Å². The average molecular weight is 400 g/mol. The number of rotatable bonds is 4. The fourth-order valence-corrected chi connectivity index (χ4v) is 4.30. The van der Waals surface area contributed by atoms with Crippen molar-refractivity contribution in [1.82, 2.24) is 10.6 Å². The molecular weight excluding hydrogens is 374 g/mol. The van der Waals surface area contributed by atoms with Crippen molar-refractivity contribution in [1.29, 1.82) is 0 Å². The summed E-state index contributed by atoms with van der Waals surface area (Å²) in [7, 11) is 0. The smallest absolute Gasteiger partial charge is 0.250 e. The van der Waals surface area contributed by atoms with Crippen LogP contribution in [0, 0.1) is 11.8 Å². The van der Waals surface area contributed by atoms with E-state index >= 15 is 0 Å². The lowest BCUT2D eigenvalue weighted by Gasteiger charge is -2.29. The molecule has 6 heteroatoms. The van der Waals surface area contributed by atoms with Gasteiger partial charge in [0.2, 0.25) is 11.8 Å². The zero-order valence-corrected chi connectivity index (χ0v) is 16.9. The molecule has 1 spiro atoms. The van der Waals surface area contributed by atoms with Gasteiger partial charge in [-0.05, 0) is 24.0 Å². The lowest BCUT2D eigenvalue weighted by molar-refractivity contribution is -0.133. The summed E-state index contributed by atoms with van der Waals surface area (Å²) < 4.78 is 0. The van der Waals surface area contributed by atoms with Gasteiger partial charge in [-0.3, -0.25) is 14.9 Å². The fourth-order valence-electron chi connectivity index (χ4n) is 4.30. The minimum atomic E-state index is -0.994. The summed E-state index contributed by atoms with van der Waals surface area (Å²) in [6, 6.07) is 17.6. The molecule has 0 unspecified atom stereocenters. The van der Waals surface area contributed by atoms with E-state index in [4.69, 9.17) is 0 Å². The second-order valence-corrected chi connectivity index (χ2v) is 7.79. The van der Waals surface area contributed by atoms with E-state index in [1.165, 1.54) is 0 Å². The summed E-state index contributed by atoms with van der Waals surface area (Å²) >= 11 is 0. The standard InChI is InChI=1S/C22H25N3O2.ClH/c1-14(2)19-12-17(20(26)23-13-15-8-4-3-5-9-15)22(25-19)16-10-6-7-11-18(16)24-21(22)27;/h3-11,14,17,19,25H,12-13H2,1-2H3,(H,23,26)(H,24,27);1H/t17-,19+,22-;/m0./s1. The highest BCUT2D eigenvalue weighted by Gasteiger charge is 2.60. The Hall–Kier alpha value is -2.37. The molecule has 2 aromatic rings. The zero-order valence-electron chi connectivity index (χ0n) is 16.1. The van der Waals surface area contributed by atoms with Gasteiger partial charge in [0.15, 0.2) is 0 Å². The maximum Gasteiger partial charge on any atom is 0.250 e. The minimum absolute atomic E-state index is 0. The van der Waals surface area contributed by atoms with Crippen molar-refractivity contribution in [2.75, 3.05) is 5.32 Å².